The number of aromatic nitrogens is 1. The summed E-state index contributed by atoms with van der Waals surface area (Å²) < 4.78 is 11.7. The minimum atomic E-state index is -0.0227. The van der Waals surface area contributed by atoms with Gasteiger partial charge in [0, 0.05) is 36.5 Å². The lowest BCUT2D eigenvalue weighted by molar-refractivity contribution is -0.0962. The molecule has 0 unspecified atom stereocenters. The Kier molecular flexibility index (Phi) is 4.03. The van der Waals surface area contributed by atoms with Crippen LogP contribution in [0.5, 0.6) is 0 Å². The van der Waals surface area contributed by atoms with Gasteiger partial charge in [0.25, 0.3) is 0 Å². The van der Waals surface area contributed by atoms with Gasteiger partial charge in [-0.2, -0.15) is 0 Å². The first-order valence-corrected chi connectivity index (χ1v) is 9.43. The van der Waals surface area contributed by atoms with Crippen molar-refractivity contribution >= 4 is 11.3 Å². The van der Waals surface area contributed by atoms with Gasteiger partial charge in [-0.1, -0.05) is 19.0 Å². The van der Waals surface area contributed by atoms with E-state index in [0.29, 0.717) is 5.92 Å². The van der Waals surface area contributed by atoms with Gasteiger partial charge < -0.3 is 9.26 Å². The molecule has 4 rings (SSSR count). The van der Waals surface area contributed by atoms with Crippen LogP contribution < -0.4 is 0 Å². The van der Waals surface area contributed by atoms with E-state index in [-0.39, 0.29) is 5.60 Å². The van der Waals surface area contributed by atoms with Crippen LogP contribution in [0.4, 0.5) is 0 Å². The molecule has 4 heterocycles. The Labute approximate surface area is 141 Å². The van der Waals surface area contributed by atoms with Gasteiger partial charge in [-0.05, 0) is 36.3 Å². The molecule has 1 saturated heterocycles. The number of ether oxygens (including phenoxy) is 1. The number of fused-ring (bicyclic) bond motifs is 2. The van der Waals surface area contributed by atoms with E-state index in [2.05, 4.69) is 41.4 Å². The van der Waals surface area contributed by atoms with Gasteiger partial charge in [-0.3, -0.25) is 4.90 Å². The molecule has 0 atom stereocenters. The molecule has 2 aromatic heterocycles. The number of piperidine rings is 1. The van der Waals surface area contributed by atoms with E-state index in [9.17, 15) is 0 Å². The second-order valence-electron chi connectivity index (χ2n) is 7.02. The van der Waals surface area contributed by atoms with Crippen LogP contribution in [0.2, 0.25) is 0 Å². The zero-order valence-corrected chi connectivity index (χ0v) is 14.7. The molecule has 1 fully saturated rings. The van der Waals surface area contributed by atoms with Crippen molar-refractivity contribution in [2.45, 2.75) is 51.2 Å². The van der Waals surface area contributed by atoms with E-state index < -0.39 is 0 Å². The second kappa shape index (κ2) is 6.04. The van der Waals surface area contributed by atoms with Crippen LogP contribution in [0.25, 0.3) is 0 Å². The largest absolute Gasteiger partial charge is 0.369 e. The van der Waals surface area contributed by atoms with Crippen molar-refractivity contribution in [2.24, 2.45) is 0 Å². The van der Waals surface area contributed by atoms with E-state index in [0.717, 1.165) is 57.0 Å². The Morgan fingerprint density at radius 2 is 2.17 bits per heavy atom. The molecular formula is C18H24N2O2S. The Balaban J connectivity index is 1.42. The van der Waals surface area contributed by atoms with Gasteiger partial charge in [-0.15, -0.1) is 11.3 Å². The first kappa shape index (κ1) is 15.4. The lowest BCUT2D eigenvalue weighted by Crippen LogP contribution is -2.45. The van der Waals surface area contributed by atoms with Gasteiger partial charge in [0.2, 0.25) is 0 Å². The summed E-state index contributed by atoms with van der Waals surface area (Å²) in [5.41, 5.74) is 2.53. The summed E-state index contributed by atoms with van der Waals surface area (Å²) in [4.78, 5) is 3.95. The molecule has 0 saturated carbocycles. The molecule has 0 amide bonds. The molecule has 0 N–H and O–H groups in total. The molecule has 0 aliphatic carbocycles. The summed E-state index contributed by atoms with van der Waals surface area (Å²) in [6.07, 6.45) is 3.23. The molecule has 124 valence electrons. The third-order valence-corrected chi connectivity index (χ3v) is 6.25. The van der Waals surface area contributed by atoms with Crippen LogP contribution in [0.3, 0.4) is 0 Å². The molecule has 4 nitrogen and oxygen atoms in total. The fourth-order valence-corrected chi connectivity index (χ4v) is 4.87. The van der Waals surface area contributed by atoms with Gasteiger partial charge in [0.05, 0.1) is 12.3 Å². The SMILES string of the molecule is CC(C)c1cc(CN2CCC3(CC2)OCCc2ccsc23)no1. The van der Waals surface area contributed by atoms with Gasteiger partial charge in [0.15, 0.2) is 0 Å². The van der Waals surface area contributed by atoms with Crippen molar-refractivity contribution in [2.75, 3.05) is 19.7 Å². The van der Waals surface area contributed by atoms with Crippen LogP contribution in [-0.4, -0.2) is 29.8 Å². The highest BCUT2D eigenvalue weighted by Crippen LogP contribution is 2.44. The molecule has 0 bridgehead atoms. The zero-order valence-electron chi connectivity index (χ0n) is 13.9. The summed E-state index contributed by atoms with van der Waals surface area (Å²) in [6, 6.07) is 4.38. The smallest absolute Gasteiger partial charge is 0.139 e. The molecule has 0 radical (unpaired) electrons. The van der Waals surface area contributed by atoms with Crippen LogP contribution in [0, 0.1) is 0 Å². The Morgan fingerprint density at radius 3 is 2.91 bits per heavy atom. The molecule has 2 aliphatic heterocycles. The van der Waals surface area contributed by atoms with Crippen LogP contribution in [-0.2, 0) is 23.3 Å². The van der Waals surface area contributed by atoms with E-state index >= 15 is 0 Å². The summed E-state index contributed by atoms with van der Waals surface area (Å²) in [5.74, 6) is 1.38. The minimum Gasteiger partial charge on any atom is -0.369 e. The lowest BCUT2D eigenvalue weighted by atomic mass is 9.85. The lowest BCUT2D eigenvalue weighted by Gasteiger charge is -2.43. The summed E-state index contributed by atoms with van der Waals surface area (Å²) in [6.45, 7) is 8.12. The predicted molar refractivity (Wildman–Crippen MR) is 90.8 cm³/mol. The van der Waals surface area contributed by atoms with E-state index in [1.807, 2.05) is 11.3 Å². The van der Waals surface area contributed by atoms with Crippen molar-refractivity contribution in [3.05, 3.63) is 39.4 Å². The van der Waals surface area contributed by atoms with E-state index in [1.165, 1.54) is 10.4 Å². The quantitative estimate of drug-likeness (QED) is 0.854. The van der Waals surface area contributed by atoms with Crippen molar-refractivity contribution in [1.82, 2.24) is 10.1 Å². The minimum absolute atomic E-state index is 0.0227. The number of rotatable bonds is 3. The Morgan fingerprint density at radius 1 is 1.35 bits per heavy atom. The Bertz CT molecular complexity index is 668. The molecule has 1 spiro atoms. The maximum atomic E-state index is 6.27. The molecule has 2 aromatic rings. The monoisotopic (exact) mass is 332 g/mol. The van der Waals surface area contributed by atoms with Crippen molar-refractivity contribution in [3.8, 4) is 0 Å². The standard InChI is InChI=1S/C18H24N2O2S/c1-13(2)16-11-15(19-22-16)12-20-7-5-18(6-8-20)17-14(3-9-21-18)4-10-23-17/h4,10-11,13H,3,5-9,12H2,1-2H3. The number of nitrogens with zero attached hydrogens (tertiary/aromatic N) is 2. The normalized spacial score (nSPS) is 21.0. The highest BCUT2D eigenvalue weighted by molar-refractivity contribution is 7.10. The molecule has 23 heavy (non-hydrogen) atoms. The summed E-state index contributed by atoms with van der Waals surface area (Å²) in [5, 5.41) is 6.44. The second-order valence-corrected chi connectivity index (χ2v) is 7.94. The number of hydrogen-bond donors (Lipinski definition) is 0. The molecule has 2 aliphatic rings. The van der Waals surface area contributed by atoms with Crippen LogP contribution in [0.15, 0.2) is 22.0 Å². The predicted octanol–water partition coefficient (Wildman–Crippen LogP) is 3.92. The highest BCUT2D eigenvalue weighted by atomic mass is 32.1. The van der Waals surface area contributed by atoms with Crippen LogP contribution >= 0.6 is 11.3 Å². The molecular weight excluding hydrogens is 308 g/mol. The van der Waals surface area contributed by atoms with Crippen molar-refractivity contribution in [3.63, 3.8) is 0 Å². The fraction of sp³-hybridized carbons (Fsp3) is 0.611. The molecule has 5 heteroatoms. The Hall–Kier alpha value is -1.17. The van der Waals surface area contributed by atoms with Gasteiger partial charge in [-0.25, -0.2) is 0 Å². The third-order valence-electron chi connectivity index (χ3n) is 5.11. The zero-order chi connectivity index (χ0) is 15.9. The number of likely N-dealkylation sites (tertiary alicyclic amines) is 1. The first-order valence-electron chi connectivity index (χ1n) is 8.55. The van der Waals surface area contributed by atoms with Crippen LogP contribution in [0.1, 0.15) is 54.5 Å². The van der Waals surface area contributed by atoms with Gasteiger partial charge in [0.1, 0.15) is 11.4 Å². The van der Waals surface area contributed by atoms with Crippen molar-refractivity contribution < 1.29 is 9.26 Å². The topological polar surface area (TPSA) is 38.5 Å². The number of hydrogen-bond acceptors (Lipinski definition) is 5. The molecule has 0 aromatic carbocycles. The average molecular weight is 332 g/mol. The highest BCUT2D eigenvalue weighted by Gasteiger charge is 2.41. The summed E-state index contributed by atoms with van der Waals surface area (Å²) in [7, 11) is 0. The number of thiophene rings is 1. The van der Waals surface area contributed by atoms with Gasteiger partial charge >= 0.3 is 0 Å². The van der Waals surface area contributed by atoms with E-state index in [1.54, 1.807) is 0 Å². The first-order chi connectivity index (χ1) is 11.2. The van der Waals surface area contributed by atoms with E-state index in [4.69, 9.17) is 9.26 Å². The fourth-order valence-electron chi connectivity index (χ4n) is 3.70. The maximum absolute atomic E-state index is 6.27. The average Bonchev–Trinajstić information content (AvgIpc) is 3.20. The van der Waals surface area contributed by atoms with Crippen molar-refractivity contribution in [1.29, 1.82) is 0 Å². The summed E-state index contributed by atoms with van der Waals surface area (Å²) >= 11 is 1.87. The third kappa shape index (κ3) is 2.86. The maximum Gasteiger partial charge on any atom is 0.139 e.